The molecule has 0 spiro atoms. The van der Waals surface area contributed by atoms with Gasteiger partial charge in [0.1, 0.15) is 0 Å². The molecule has 3 aromatic rings. The minimum absolute atomic E-state index is 0.0840. The Balaban J connectivity index is 1.46. The molecule has 0 radical (unpaired) electrons. The fourth-order valence-electron chi connectivity index (χ4n) is 1.87. The molecule has 0 fully saturated rings. The third kappa shape index (κ3) is 6.04. The maximum Gasteiger partial charge on any atom is 0.236 e. The fourth-order valence-corrected chi connectivity index (χ4v) is 4.43. The topological polar surface area (TPSA) is 54.9 Å². The van der Waals surface area contributed by atoms with E-state index in [9.17, 15) is 4.79 Å². The van der Waals surface area contributed by atoms with Gasteiger partial charge in [-0.1, -0.05) is 65.0 Å². The molecule has 1 N–H and O–H groups in total. The first kappa shape index (κ1) is 18.3. The van der Waals surface area contributed by atoms with Crippen LogP contribution in [0.2, 0.25) is 5.02 Å². The van der Waals surface area contributed by atoms with Crippen molar-refractivity contribution in [2.24, 2.45) is 0 Å². The number of rotatable bonds is 7. The molecule has 2 aromatic carbocycles. The van der Waals surface area contributed by atoms with Crippen LogP contribution >= 0.6 is 46.5 Å². The van der Waals surface area contributed by atoms with Crippen LogP contribution in [0.1, 0.15) is 5.56 Å². The van der Waals surface area contributed by atoms with E-state index in [4.69, 9.17) is 11.6 Å². The van der Waals surface area contributed by atoms with Crippen molar-refractivity contribution in [1.29, 1.82) is 0 Å². The van der Waals surface area contributed by atoms with E-state index in [2.05, 4.69) is 15.5 Å². The molecule has 1 heterocycles. The van der Waals surface area contributed by atoms with Gasteiger partial charge < -0.3 is 0 Å². The summed E-state index contributed by atoms with van der Waals surface area (Å²) in [6.45, 7) is 0. The van der Waals surface area contributed by atoms with Crippen LogP contribution in [0.3, 0.4) is 0 Å². The monoisotopic (exact) mass is 407 g/mol. The number of nitrogens with one attached hydrogen (secondary N) is 1. The van der Waals surface area contributed by atoms with Gasteiger partial charge in [-0.15, -0.1) is 22.0 Å². The highest BCUT2D eigenvalue weighted by Crippen LogP contribution is 2.28. The summed E-state index contributed by atoms with van der Waals surface area (Å²) >= 11 is 10.3. The van der Waals surface area contributed by atoms with Gasteiger partial charge in [-0.3, -0.25) is 10.1 Å². The molecule has 1 aromatic heterocycles. The molecule has 0 unspecified atom stereocenters. The van der Waals surface area contributed by atoms with Crippen LogP contribution in [0.5, 0.6) is 0 Å². The van der Waals surface area contributed by atoms with E-state index < -0.39 is 0 Å². The first-order valence-electron chi connectivity index (χ1n) is 7.37. The molecular weight excluding hydrogens is 394 g/mol. The number of amides is 1. The Labute approximate surface area is 163 Å². The van der Waals surface area contributed by atoms with Gasteiger partial charge in [0, 0.05) is 15.7 Å². The number of carbonyl (C=O) groups excluding carboxylic acids is 1. The molecule has 0 aliphatic carbocycles. The van der Waals surface area contributed by atoms with E-state index >= 15 is 0 Å². The van der Waals surface area contributed by atoms with E-state index in [1.165, 1.54) is 23.1 Å². The fraction of sp³-hybridized carbons (Fsp3) is 0.118. The maximum atomic E-state index is 12.0. The number of carbonyl (C=O) groups is 1. The van der Waals surface area contributed by atoms with E-state index in [1.54, 1.807) is 11.8 Å². The quantitative estimate of drug-likeness (QED) is 0.430. The molecule has 128 valence electrons. The number of benzene rings is 2. The normalized spacial score (nSPS) is 10.6. The van der Waals surface area contributed by atoms with Crippen molar-refractivity contribution in [2.75, 3.05) is 11.1 Å². The van der Waals surface area contributed by atoms with Gasteiger partial charge >= 0.3 is 0 Å². The summed E-state index contributed by atoms with van der Waals surface area (Å²) in [5.74, 6) is 1.04. The Bertz CT molecular complexity index is 825. The van der Waals surface area contributed by atoms with Gasteiger partial charge in [0.25, 0.3) is 0 Å². The van der Waals surface area contributed by atoms with Crippen LogP contribution in [0.15, 0.2) is 63.8 Å². The van der Waals surface area contributed by atoms with Crippen LogP contribution in [-0.2, 0) is 10.5 Å². The zero-order valence-electron chi connectivity index (χ0n) is 13.0. The zero-order chi connectivity index (χ0) is 17.5. The molecule has 1 amide bonds. The van der Waals surface area contributed by atoms with Crippen molar-refractivity contribution in [3.05, 3.63) is 65.2 Å². The number of nitrogens with zero attached hydrogens (tertiary/aromatic N) is 2. The molecule has 25 heavy (non-hydrogen) atoms. The maximum absolute atomic E-state index is 12.0. The Morgan fingerprint density at radius 2 is 1.80 bits per heavy atom. The summed E-state index contributed by atoms with van der Waals surface area (Å²) in [4.78, 5) is 13.1. The summed E-state index contributed by atoms with van der Waals surface area (Å²) in [6, 6.07) is 17.5. The van der Waals surface area contributed by atoms with Gasteiger partial charge in [-0.05, 0) is 29.8 Å². The zero-order valence-corrected chi connectivity index (χ0v) is 16.2. The summed E-state index contributed by atoms with van der Waals surface area (Å²) in [6.07, 6.45) is 0. The summed E-state index contributed by atoms with van der Waals surface area (Å²) in [7, 11) is 0. The highest BCUT2D eigenvalue weighted by atomic mass is 35.5. The first-order valence-corrected chi connectivity index (χ1v) is 10.5. The highest BCUT2D eigenvalue weighted by molar-refractivity contribution is 8.00. The lowest BCUT2D eigenvalue weighted by Gasteiger charge is -2.01. The molecule has 0 aliphatic rings. The number of thioether (sulfide) groups is 2. The summed E-state index contributed by atoms with van der Waals surface area (Å²) in [5, 5.41) is 12.2. The van der Waals surface area contributed by atoms with Crippen molar-refractivity contribution in [2.45, 2.75) is 15.0 Å². The van der Waals surface area contributed by atoms with Crippen molar-refractivity contribution >= 4 is 57.5 Å². The third-order valence-electron chi connectivity index (χ3n) is 3.04. The van der Waals surface area contributed by atoms with Gasteiger partial charge in [-0.25, -0.2) is 0 Å². The van der Waals surface area contributed by atoms with E-state index in [0.29, 0.717) is 10.9 Å². The smallest absolute Gasteiger partial charge is 0.236 e. The molecule has 0 bridgehead atoms. The predicted octanol–water partition coefficient (Wildman–Crippen LogP) is 5.21. The highest BCUT2D eigenvalue weighted by Gasteiger charge is 2.09. The van der Waals surface area contributed by atoms with Crippen LogP contribution in [0, 0.1) is 0 Å². The van der Waals surface area contributed by atoms with Crippen LogP contribution in [0.25, 0.3) is 0 Å². The Morgan fingerprint density at radius 1 is 1.04 bits per heavy atom. The lowest BCUT2D eigenvalue weighted by molar-refractivity contribution is -0.113. The lowest BCUT2D eigenvalue weighted by atomic mass is 10.2. The van der Waals surface area contributed by atoms with Crippen molar-refractivity contribution in [3.63, 3.8) is 0 Å². The number of aromatic nitrogens is 2. The average Bonchev–Trinajstić information content (AvgIpc) is 3.08. The molecule has 0 aliphatic heterocycles. The Kier molecular flexibility index (Phi) is 6.75. The SMILES string of the molecule is O=C(CSc1ccccc1)Nc1nnc(SCc2ccc(Cl)cc2)s1. The van der Waals surface area contributed by atoms with Crippen LogP contribution < -0.4 is 5.32 Å². The van der Waals surface area contributed by atoms with Crippen LogP contribution in [0.4, 0.5) is 5.13 Å². The van der Waals surface area contributed by atoms with Gasteiger partial charge in [-0.2, -0.15) is 0 Å². The number of halogens is 1. The Hall–Kier alpha value is -1.54. The molecular formula is C17H14ClN3OS3. The van der Waals surface area contributed by atoms with Crippen molar-refractivity contribution in [1.82, 2.24) is 10.2 Å². The number of hydrogen-bond donors (Lipinski definition) is 1. The molecule has 0 saturated carbocycles. The van der Waals surface area contributed by atoms with E-state index in [0.717, 1.165) is 25.6 Å². The second kappa shape index (κ2) is 9.24. The summed E-state index contributed by atoms with van der Waals surface area (Å²) in [5.41, 5.74) is 1.16. The Morgan fingerprint density at radius 3 is 2.56 bits per heavy atom. The summed E-state index contributed by atoms with van der Waals surface area (Å²) < 4.78 is 0.820. The van der Waals surface area contributed by atoms with Gasteiger partial charge in [0.05, 0.1) is 5.75 Å². The third-order valence-corrected chi connectivity index (χ3v) is 6.35. The second-order valence-corrected chi connectivity index (χ2v) is 8.62. The molecule has 3 rings (SSSR count). The van der Waals surface area contributed by atoms with E-state index in [-0.39, 0.29) is 5.91 Å². The molecule has 0 saturated heterocycles. The van der Waals surface area contributed by atoms with Gasteiger partial charge in [0.15, 0.2) is 4.34 Å². The minimum atomic E-state index is -0.0840. The number of hydrogen-bond acceptors (Lipinski definition) is 6. The van der Waals surface area contributed by atoms with Crippen molar-refractivity contribution in [3.8, 4) is 0 Å². The van der Waals surface area contributed by atoms with Crippen LogP contribution in [-0.4, -0.2) is 21.9 Å². The van der Waals surface area contributed by atoms with Gasteiger partial charge in [0.2, 0.25) is 11.0 Å². The molecule has 0 atom stereocenters. The lowest BCUT2D eigenvalue weighted by Crippen LogP contribution is -2.13. The minimum Gasteiger partial charge on any atom is -0.300 e. The first-order chi connectivity index (χ1) is 12.2. The van der Waals surface area contributed by atoms with Crippen molar-refractivity contribution < 1.29 is 4.79 Å². The standard InChI is InChI=1S/C17H14ClN3OS3/c18-13-8-6-12(7-9-13)10-24-17-21-20-16(25-17)19-15(22)11-23-14-4-2-1-3-5-14/h1-9H,10-11H2,(H,19,20,22). The second-order valence-electron chi connectivity index (χ2n) is 4.94. The van der Waals surface area contributed by atoms with E-state index in [1.807, 2.05) is 54.6 Å². The molecule has 8 heteroatoms. The largest absolute Gasteiger partial charge is 0.300 e. The predicted molar refractivity (Wildman–Crippen MR) is 107 cm³/mol. The molecule has 4 nitrogen and oxygen atoms in total. The average molecular weight is 408 g/mol. The number of anilines is 1.